The molecule has 106 valence electrons. The van der Waals surface area contributed by atoms with Crippen molar-refractivity contribution in [1.82, 2.24) is 4.90 Å². The van der Waals surface area contributed by atoms with Crippen LogP contribution in [0.2, 0.25) is 0 Å². The zero-order valence-corrected chi connectivity index (χ0v) is 12.1. The first-order valence-electron chi connectivity index (χ1n) is 7.13. The van der Waals surface area contributed by atoms with Crippen LogP contribution in [0.1, 0.15) is 39.5 Å². The maximum atomic E-state index is 12.5. The van der Waals surface area contributed by atoms with Gasteiger partial charge in [-0.05, 0) is 31.6 Å². The number of carbonyl (C=O) groups excluding carboxylic acids is 1. The van der Waals surface area contributed by atoms with Gasteiger partial charge in [0.15, 0.2) is 0 Å². The number of amides is 1. The first-order valence-corrected chi connectivity index (χ1v) is 7.13. The van der Waals surface area contributed by atoms with Crippen molar-refractivity contribution in [2.45, 2.75) is 39.5 Å². The van der Waals surface area contributed by atoms with E-state index >= 15 is 0 Å². The molecule has 0 saturated carbocycles. The van der Waals surface area contributed by atoms with Gasteiger partial charge >= 0.3 is 0 Å². The lowest BCUT2D eigenvalue weighted by Crippen LogP contribution is -2.48. The minimum Gasteiger partial charge on any atom is -0.381 e. The van der Waals surface area contributed by atoms with E-state index in [0.29, 0.717) is 12.5 Å². The minimum absolute atomic E-state index is 0.195. The Morgan fingerprint density at radius 3 is 2.56 bits per heavy atom. The van der Waals surface area contributed by atoms with Gasteiger partial charge in [0.1, 0.15) is 0 Å². The van der Waals surface area contributed by atoms with Crippen LogP contribution in [-0.2, 0) is 9.53 Å². The Kier molecular flexibility index (Phi) is 6.09. The van der Waals surface area contributed by atoms with Crippen LogP contribution >= 0.6 is 0 Å². The lowest BCUT2D eigenvalue weighted by Gasteiger charge is -2.35. The predicted octanol–water partition coefficient (Wildman–Crippen LogP) is 1.64. The topological polar surface area (TPSA) is 55.6 Å². The van der Waals surface area contributed by atoms with E-state index in [1.54, 1.807) is 0 Å². The van der Waals surface area contributed by atoms with E-state index in [9.17, 15) is 4.79 Å². The summed E-state index contributed by atoms with van der Waals surface area (Å²) in [6.45, 7) is 6.97. The third kappa shape index (κ3) is 3.45. The molecule has 0 aromatic carbocycles. The van der Waals surface area contributed by atoms with Gasteiger partial charge in [0.05, 0.1) is 12.0 Å². The molecule has 0 radical (unpaired) electrons. The molecule has 4 heteroatoms. The molecule has 1 unspecified atom stereocenters. The van der Waals surface area contributed by atoms with Gasteiger partial charge < -0.3 is 15.4 Å². The van der Waals surface area contributed by atoms with Gasteiger partial charge in [0, 0.05) is 26.7 Å². The number of nitrogens with zero attached hydrogens (tertiary/aromatic N) is 1. The number of nitrogens with two attached hydrogens (primary N) is 1. The van der Waals surface area contributed by atoms with E-state index in [0.717, 1.165) is 45.4 Å². The molecule has 0 aromatic heterocycles. The second-order valence-corrected chi connectivity index (χ2v) is 5.46. The average molecular weight is 256 g/mol. The summed E-state index contributed by atoms with van der Waals surface area (Å²) >= 11 is 0. The summed E-state index contributed by atoms with van der Waals surface area (Å²) in [5, 5.41) is 0. The molecule has 0 spiro atoms. The summed E-state index contributed by atoms with van der Waals surface area (Å²) in [4.78, 5) is 14.4. The highest BCUT2D eigenvalue weighted by molar-refractivity contribution is 5.82. The van der Waals surface area contributed by atoms with Gasteiger partial charge in [-0.2, -0.15) is 0 Å². The summed E-state index contributed by atoms with van der Waals surface area (Å²) < 4.78 is 5.46. The quantitative estimate of drug-likeness (QED) is 0.786. The third-order valence-corrected chi connectivity index (χ3v) is 4.33. The molecule has 1 saturated heterocycles. The monoisotopic (exact) mass is 256 g/mol. The molecule has 2 N–H and O–H groups in total. The highest BCUT2D eigenvalue weighted by atomic mass is 16.5. The molecule has 1 rings (SSSR count). The second kappa shape index (κ2) is 7.10. The van der Waals surface area contributed by atoms with Crippen molar-refractivity contribution in [3.8, 4) is 0 Å². The predicted molar refractivity (Wildman–Crippen MR) is 73.2 cm³/mol. The van der Waals surface area contributed by atoms with Crippen molar-refractivity contribution < 1.29 is 9.53 Å². The molecule has 1 aliphatic rings. The number of carbonyl (C=O) groups is 1. The van der Waals surface area contributed by atoms with Crippen LogP contribution in [0.4, 0.5) is 0 Å². The van der Waals surface area contributed by atoms with E-state index in [2.05, 4.69) is 0 Å². The molecule has 0 aromatic rings. The van der Waals surface area contributed by atoms with Crippen LogP contribution < -0.4 is 5.73 Å². The first kappa shape index (κ1) is 15.4. The molecule has 0 bridgehead atoms. The molecule has 18 heavy (non-hydrogen) atoms. The van der Waals surface area contributed by atoms with Crippen LogP contribution in [0.5, 0.6) is 0 Å². The lowest BCUT2D eigenvalue weighted by atomic mass is 9.81. The van der Waals surface area contributed by atoms with E-state index in [1.165, 1.54) is 0 Å². The van der Waals surface area contributed by atoms with Crippen molar-refractivity contribution in [1.29, 1.82) is 0 Å². The van der Waals surface area contributed by atoms with Crippen LogP contribution in [0.15, 0.2) is 0 Å². The van der Waals surface area contributed by atoms with Crippen molar-refractivity contribution >= 4 is 5.91 Å². The van der Waals surface area contributed by atoms with Gasteiger partial charge in [-0.1, -0.05) is 13.8 Å². The van der Waals surface area contributed by atoms with Crippen molar-refractivity contribution in [3.05, 3.63) is 0 Å². The number of hydrogen-bond acceptors (Lipinski definition) is 3. The summed E-state index contributed by atoms with van der Waals surface area (Å²) in [5.74, 6) is 0.678. The molecule has 0 aliphatic carbocycles. The summed E-state index contributed by atoms with van der Waals surface area (Å²) in [5.41, 5.74) is 5.46. The fraction of sp³-hybridized carbons (Fsp3) is 0.929. The van der Waals surface area contributed by atoms with Crippen LogP contribution in [0.25, 0.3) is 0 Å². The van der Waals surface area contributed by atoms with Crippen molar-refractivity contribution in [2.75, 3.05) is 33.4 Å². The Bertz CT molecular complexity index is 250. The minimum atomic E-state index is -0.371. The fourth-order valence-electron chi connectivity index (χ4n) is 2.75. The van der Waals surface area contributed by atoms with Gasteiger partial charge in [-0.15, -0.1) is 0 Å². The molecule has 1 amide bonds. The van der Waals surface area contributed by atoms with E-state index in [4.69, 9.17) is 10.5 Å². The molecular formula is C14H28N2O2. The molecule has 1 heterocycles. The third-order valence-electron chi connectivity index (χ3n) is 4.33. The smallest absolute Gasteiger partial charge is 0.229 e. The fourth-order valence-corrected chi connectivity index (χ4v) is 2.75. The maximum absolute atomic E-state index is 12.5. The van der Waals surface area contributed by atoms with E-state index in [1.807, 2.05) is 25.8 Å². The largest absolute Gasteiger partial charge is 0.381 e. The highest BCUT2D eigenvalue weighted by Crippen LogP contribution is 2.28. The second-order valence-electron chi connectivity index (χ2n) is 5.46. The number of rotatable bonds is 6. The van der Waals surface area contributed by atoms with Gasteiger partial charge in [-0.3, -0.25) is 4.79 Å². The van der Waals surface area contributed by atoms with Crippen LogP contribution in [-0.4, -0.2) is 44.2 Å². The first-order chi connectivity index (χ1) is 8.59. The summed E-state index contributed by atoms with van der Waals surface area (Å²) in [6.07, 6.45) is 3.89. The lowest BCUT2D eigenvalue weighted by molar-refractivity contribution is -0.142. The standard InChI is InChI=1S/C14H28N2O2/c1-4-14(5-2,11-15)13(17)16(3)9-12-7-6-8-18-10-12/h12H,4-11,15H2,1-3H3. The van der Waals surface area contributed by atoms with Crippen LogP contribution in [0.3, 0.4) is 0 Å². The number of hydrogen-bond donors (Lipinski definition) is 1. The Morgan fingerprint density at radius 2 is 2.11 bits per heavy atom. The number of ether oxygens (including phenoxy) is 1. The summed E-state index contributed by atoms with van der Waals surface area (Å²) in [7, 11) is 1.90. The maximum Gasteiger partial charge on any atom is 0.229 e. The zero-order valence-electron chi connectivity index (χ0n) is 12.1. The normalized spacial score (nSPS) is 20.8. The highest BCUT2D eigenvalue weighted by Gasteiger charge is 2.36. The average Bonchev–Trinajstić information content (AvgIpc) is 2.42. The Balaban J connectivity index is 2.58. The van der Waals surface area contributed by atoms with Gasteiger partial charge in [0.25, 0.3) is 0 Å². The Labute approximate surface area is 111 Å². The van der Waals surface area contributed by atoms with Crippen molar-refractivity contribution in [3.63, 3.8) is 0 Å². The molecule has 1 atom stereocenters. The zero-order chi connectivity index (χ0) is 13.6. The molecule has 4 nitrogen and oxygen atoms in total. The molecule has 1 fully saturated rings. The van der Waals surface area contributed by atoms with Crippen molar-refractivity contribution in [2.24, 2.45) is 17.1 Å². The van der Waals surface area contributed by atoms with Gasteiger partial charge in [-0.25, -0.2) is 0 Å². The Morgan fingerprint density at radius 1 is 1.44 bits per heavy atom. The van der Waals surface area contributed by atoms with E-state index < -0.39 is 0 Å². The summed E-state index contributed by atoms with van der Waals surface area (Å²) in [6, 6.07) is 0. The van der Waals surface area contributed by atoms with E-state index in [-0.39, 0.29) is 11.3 Å². The van der Waals surface area contributed by atoms with Gasteiger partial charge in [0.2, 0.25) is 5.91 Å². The Hall–Kier alpha value is -0.610. The molecule has 1 aliphatic heterocycles. The van der Waals surface area contributed by atoms with Crippen LogP contribution in [0, 0.1) is 11.3 Å². The SMILES string of the molecule is CCC(CC)(CN)C(=O)N(C)CC1CCCOC1. The molecular weight excluding hydrogens is 228 g/mol.